The Balaban J connectivity index is 1.48. The van der Waals surface area contributed by atoms with E-state index in [1.54, 1.807) is 7.11 Å². The second-order valence-electron chi connectivity index (χ2n) is 6.72. The van der Waals surface area contributed by atoms with Crippen molar-refractivity contribution in [3.05, 3.63) is 35.4 Å². The molecule has 4 nitrogen and oxygen atoms in total. The molecule has 1 fully saturated rings. The molecule has 5 heteroatoms. The second kappa shape index (κ2) is 7.19. The first kappa shape index (κ1) is 17.4. The molecule has 130 valence electrons. The third-order valence-corrected chi connectivity index (χ3v) is 6.11. The van der Waals surface area contributed by atoms with Crippen LogP contribution in [0, 0.1) is 0 Å². The number of allylic oxidation sites excluding steroid dienone is 1. The highest BCUT2D eigenvalue weighted by atomic mass is 32.2. The number of nitrogens with zero attached hydrogens (tertiary/aromatic N) is 1. The highest BCUT2D eigenvalue weighted by Gasteiger charge is 2.35. The van der Waals surface area contributed by atoms with Gasteiger partial charge in [-0.3, -0.25) is 4.79 Å². The topological polar surface area (TPSA) is 41.6 Å². The van der Waals surface area contributed by atoms with Gasteiger partial charge in [0.25, 0.3) is 0 Å². The zero-order valence-electron chi connectivity index (χ0n) is 14.7. The van der Waals surface area contributed by atoms with E-state index in [2.05, 4.69) is 37.4 Å². The van der Waals surface area contributed by atoms with Crippen molar-refractivity contribution in [1.82, 2.24) is 10.2 Å². The summed E-state index contributed by atoms with van der Waals surface area (Å²) in [5.74, 6) is 2.13. The molecule has 24 heavy (non-hydrogen) atoms. The van der Waals surface area contributed by atoms with Gasteiger partial charge in [-0.2, -0.15) is 0 Å². The Morgan fingerprint density at radius 1 is 1.42 bits per heavy atom. The summed E-state index contributed by atoms with van der Waals surface area (Å²) in [6.45, 7) is 6.33. The number of fused-ring (bicyclic) bond motifs is 1. The third-order valence-electron chi connectivity index (χ3n) is 4.80. The maximum absolute atomic E-state index is 12.4. The summed E-state index contributed by atoms with van der Waals surface area (Å²) >= 11 is 1.85. The Labute approximate surface area is 148 Å². The Morgan fingerprint density at radius 3 is 2.96 bits per heavy atom. The van der Waals surface area contributed by atoms with E-state index >= 15 is 0 Å². The highest BCUT2D eigenvalue weighted by Crippen LogP contribution is 2.34. The fraction of sp³-hybridized carbons (Fsp3) is 0.526. The van der Waals surface area contributed by atoms with Crippen LogP contribution in [-0.2, 0) is 11.2 Å². The molecular weight excluding hydrogens is 320 g/mol. The summed E-state index contributed by atoms with van der Waals surface area (Å²) in [6, 6.07) is 6.27. The molecule has 0 bridgehead atoms. The minimum Gasteiger partial charge on any atom is -0.497 e. The number of thioether (sulfide) groups is 1. The van der Waals surface area contributed by atoms with Crippen LogP contribution in [-0.4, -0.2) is 48.2 Å². The Bertz CT molecular complexity index is 655. The van der Waals surface area contributed by atoms with E-state index in [1.807, 2.05) is 22.7 Å². The molecule has 1 aromatic carbocycles. The van der Waals surface area contributed by atoms with E-state index in [1.165, 1.54) is 16.7 Å². The summed E-state index contributed by atoms with van der Waals surface area (Å²) in [7, 11) is 1.70. The SMILES string of the molecule is COc1ccc2c(c1)C(CCNCC(=O)N1CCSC1(C)C)=CC2. The Kier molecular flexibility index (Phi) is 5.21. The maximum atomic E-state index is 12.4. The quantitative estimate of drug-likeness (QED) is 0.804. The standard InChI is InChI=1S/C19H26N2O2S/c1-19(2)21(10-11-24-19)18(22)13-20-9-8-15-5-4-14-6-7-16(23-3)12-17(14)15/h5-7,12,20H,4,8-11,13H2,1-3H3. The van der Waals surface area contributed by atoms with Gasteiger partial charge in [0, 0.05) is 12.3 Å². The van der Waals surface area contributed by atoms with Crippen LogP contribution in [0.25, 0.3) is 5.57 Å². The number of hydrogen-bond donors (Lipinski definition) is 1. The monoisotopic (exact) mass is 346 g/mol. The maximum Gasteiger partial charge on any atom is 0.237 e. The molecule has 1 aliphatic heterocycles. The van der Waals surface area contributed by atoms with E-state index in [9.17, 15) is 4.79 Å². The fourth-order valence-corrected chi connectivity index (χ4v) is 4.53. The van der Waals surface area contributed by atoms with Crippen LogP contribution < -0.4 is 10.1 Å². The highest BCUT2D eigenvalue weighted by molar-refractivity contribution is 8.00. The van der Waals surface area contributed by atoms with Gasteiger partial charge in [-0.15, -0.1) is 11.8 Å². The molecule has 0 spiro atoms. The fourth-order valence-electron chi connectivity index (χ4n) is 3.41. The summed E-state index contributed by atoms with van der Waals surface area (Å²) in [6.07, 6.45) is 4.21. The Hall–Kier alpha value is -1.46. The molecule has 2 aliphatic rings. The number of methoxy groups -OCH3 is 1. The van der Waals surface area contributed by atoms with Crippen LogP contribution in [0.2, 0.25) is 0 Å². The van der Waals surface area contributed by atoms with Crippen LogP contribution >= 0.6 is 11.8 Å². The predicted octanol–water partition coefficient (Wildman–Crippen LogP) is 2.93. The van der Waals surface area contributed by atoms with Crippen molar-refractivity contribution in [3.63, 3.8) is 0 Å². The van der Waals surface area contributed by atoms with Crippen LogP contribution in [0.1, 0.15) is 31.4 Å². The molecule has 1 amide bonds. The van der Waals surface area contributed by atoms with Gasteiger partial charge in [0.05, 0.1) is 18.5 Å². The lowest BCUT2D eigenvalue weighted by Crippen LogP contribution is -2.45. The van der Waals surface area contributed by atoms with Gasteiger partial charge in [0.1, 0.15) is 5.75 Å². The zero-order valence-corrected chi connectivity index (χ0v) is 15.5. The van der Waals surface area contributed by atoms with E-state index < -0.39 is 0 Å². The number of ether oxygens (including phenoxy) is 1. The van der Waals surface area contributed by atoms with Crippen molar-refractivity contribution in [2.45, 2.75) is 31.6 Å². The van der Waals surface area contributed by atoms with Crippen molar-refractivity contribution in [2.75, 3.05) is 32.5 Å². The molecule has 0 radical (unpaired) electrons. The first-order valence-corrected chi connectivity index (χ1v) is 9.51. The average Bonchev–Trinajstić information content (AvgIpc) is 3.13. The summed E-state index contributed by atoms with van der Waals surface area (Å²) in [5.41, 5.74) is 4.00. The van der Waals surface area contributed by atoms with E-state index in [-0.39, 0.29) is 10.8 Å². The van der Waals surface area contributed by atoms with Gasteiger partial charge in [0.2, 0.25) is 5.91 Å². The lowest BCUT2D eigenvalue weighted by Gasteiger charge is -2.30. The lowest BCUT2D eigenvalue weighted by atomic mass is 10.0. The molecule has 1 heterocycles. The van der Waals surface area contributed by atoms with Crippen LogP contribution in [0.5, 0.6) is 5.75 Å². The molecule has 1 aromatic rings. The molecule has 0 unspecified atom stereocenters. The smallest absolute Gasteiger partial charge is 0.237 e. The molecule has 0 saturated carbocycles. The van der Waals surface area contributed by atoms with Gasteiger partial charge in [-0.25, -0.2) is 0 Å². The summed E-state index contributed by atoms with van der Waals surface area (Å²) in [5, 5.41) is 3.31. The summed E-state index contributed by atoms with van der Waals surface area (Å²) in [4.78, 5) is 14.3. The third kappa shape index (κ3) is 3.62. The van der Waals surface area contributed by atoms with Crippen molar-refractivity contribution < 1.29 is 9.53 Å². The van der Waals surface area contributed by atoms with Crippen molar-refractivity contribution in [3.8, 4) is 5.75 Å². The number of hydrogen-bond acceptors (Lipinski definition) is 4. The molecule has 0 atom stereocenters. The van der Waals surface area contributed by atoms with Crippen molar-refractivity contribution in [2.24, 2.45) is 0 Å². The normalized spacial score (nSPS) is 18.5. The lowest BCUT2D eigenvalue weighted by molar-refractivity contribution is -0.131. The number of carbonyl (C=O) groups excluding carboxylic acids is 1. The van der Waals surface area contributed by atoms with Crippen molar-refractivity contribution >= 4 is 23.2 Å². The van der Waals surface area contributed by atoms with Gasteiger partial charge in [0.15, 0.2) is 0 Å². The van der Waals surface area contributed by atoms with Gasteiger partial charge in [-0.1, -0.05) is 12.1 Å². The van der Waals surface area contributed by atoms with E-state index in [4.69, 9.17) is 4.74 Å². The number of benzene rings is 1. The number of amides is 1. The first-order valence-electron chi connectivity index (χ1n) is 8.53. The van der Waals surface area contributed by atoms with Crippen LogP contribution in [0.3, 0.4) is 0 Å². The molecule has 3 rings (SSSR count). The molecule has 1 aliphatic carbocycles. The largest absolute Gasteiger partial charge is 0.497 e. The zero-order chi connectivity index (χ0) is 17.2. The Morgan fingerprint density at radius 2 is 2.25 bits per heavy atom. The molecule has 1 N–H and O–H groups in total. The van der Waals surface area contributed by atoms with Gasteiger partial charge in [-0.05, 0) is 62.1 Å². The molecule has 0 aromatic heterocycles. The van der Waals surface area contributed by atoms with Crippen LogP contribution in [0.4, 0.5) is 0 Å². The minimum atomic E-state index is -0.0672. The first-order chi connectivity index (χ1) is 11.5. The second-order valence-corrected chi connectivity index (χ2v) is 8.42. The van der Waals surface area contributed by atoms with Crippen molar-refractivity contribution in [1.29, 1.82) is 0 Å². The van der Waals surface area contributed by atoms with Crippen LogP contribution in [0.15, 0.2) is 24.3 Å². The minimum absolute atomic E-state index is 0.0672. The average molecular weight is 346 g/mol. The van der Waals surface area contributed by atoms with Gasteiger partial charge >= 0.3 is 0 Å². The van der Waals surface area contributed by atoms with Gasteiger partial charge < -0.3 is 15.0 Å². The number of rotatable bonds is 6. The number of carbonyl (C=O) groups is 1. The predicted molar refractivity (Wildman–Crippen MR) is 100 cm³/mol. The molecule has 1 saturated heterocycles. The van der Waals surface area contributed by atoms with E-state index in [0.717, 1.165) is 37.4 Å². The summed E-state index contributed by atoms with van der Waals surface area (Å²) < 4.78 is 5.33. The van der Waals surface area contributed by atoms with E-state index in [0.29, 0.717) is 6.54 Å². The number of nitrogens with one attached hydrogen (secondary N) is 1. The molecular formula is C19H26N2O2S.